The Kier molecular flexibility index (Phi) is 4.51. The molecule has 3 heterocycles. The molecule has 1 aromatic carbocycles. The number of hydrogen-bond donors (Lipinski definition) is 0. The number of nitrogens with zero attached hydrogens (tertiary/aromatic N) is 5. The van der Waals surface area contributed by atoms with Crippen molar-refractivity contribution in [1.29, 1.82) is 0 Å². The van der Waals surface area contributed by atoms with E-state index >= 15 is 0 Å². The van der Waals surface area contributed by atoms with E-state index in [1.165, 1.54) is 5.56 Å². The van der Waals surface area contributed by atoms with Crippen molar-refractivity contribution in [1.82, 2.24) is 19.8 Å². The molecule has 140 valence electrons. The average Bonchev–Trinajstić information content (AvgIpc) is 3.03. The Morgan fingerprint density at radius 1 is 1.00 bits per heavy atom. The van der Waals surface area contributed by atoms with Gasteiger partial charge in [-0.3, -0.25) is 9.59 Å². The molecule has 0 bridgehead atoms. The van der Waals surface area contributed by atoms with E-state index < -0.39 is 0 Å². The Labute approximate surface area is 158 Å². The molecule has 7 nitrogen and oxygen atoms in total. The van der Waals surface area contributed by atoms with E-state index in [0.29, 0.717) is 37.9 Å². The maximum Gasteiger partial charge on any atom is 0.274 e. The van der Waals surface area contributed by atoms with Crippen molar-refractivity contribution >= 4 is 23.3 Å². The van der Waals surface area contributed by atoms with Gasteiger partial charge in [0.15, 0.2) is 5.82 Å². The van der Waals surface area contributed by atoms with Crippen LogP contribution in [-0.2, 0) is 11.2 Å². The number of carbonyl (C=O) groups is 2. The Hall–Kier alpha value is -2.96. The molecule has 1 atom stereocenters. The average molecular weight is 365 g/mol. The highest BCUT2D eigenvalue weighted by Crippen LogP contribution is 2.36. The van der Waals surface area contributed by atoms with Crippen LogP contribution in [0.3, 0.4) is 0 Å². The highest BCUT2D eigenvalue weighted by atomic mass is 16.2. The summed E-state index contributed by atoms with van der Waals surface area (Å²) < 4.78 is 0. The van der Waals surface area contributed by atoms with Crippen LogP contribution >= 0.6 is 0 Å². The second-order valence-electron chi connectivity index (χ2n) is 7.11. The van der Waals surface area contributed by atoms with Gasteiger partial charge in [0.1, 0.15) is 5.69 Å². The largest absolute Gasteiger partial charge is 0.339 e. The number of amides is 2. The maximum absolute atomic E-state index is 12.7. The molecule has 1 saturated heterocycles. The van der Waals surface area contributed by atoms with Crippen LogP contribution in [0, 0.1) is 0 Å². The van der Waals surface area contributed by atoms with Crippen molar-refractivity contribution in [3.63, 3.8) is 0 Å². The van der Waals surface area contributed by atoms with Crippen molar-refractivity contribution in [3.8, 4) is 0 Å². The first-order valence-electron chi connectivity index (χ1n) is 9.28. The predicted molar refractivity (Wildman–Crippen MR) is 102 cm³/mol. The zero-order chi connectivity index (χ0) is 19.0. The second kappa shape index (κ2) is 6.98. The summed E-state index contributed by atoms with van der Waals surface area (Å²) in [7, 11) is 0. The van der Waals surface area contributed by atoms with E-state index in [-0.39, 0.29) is 11.8 Å². The van der Waals surface area contributed by atoms with Crippen LogP contribution in [-0.4, -0.2) is 63.8 Å². The van der Waals surface area contributed by atoms with Crippen molar-refractivity contribution in [2.24, 2.45) is 0 Å². The number of carbonyl (C=O) groups excluding carboxylic acids is 2. The van der Waals surface area contributed by atoms with Gasteiger partial charge in [0.05, 0.1) is 12.4 Å². The maximum atomic E-state index is 12.7. The summed E-state index contributed by atoms with van der Waals surface area (Å²) in [6.07, 6.45) is 4.21. The predicted octanol–water partition coefficient (Wildman–Crippen LogP) is 1.86. The molecule has 2 aliphatic rings. The molecular weight excluding hydrogens is 342 g/mol. The Bertz CT molecular complexity index is 859. The Morgan fingerprint density at radius 2 is 1.70 bits per heavy atom. The molecule has 0 aliphatic carbocycles. The molecule has 2 amide bonds. The number of benzene rings is 1. The standard InChI is InChI=1S/C20H23N5O2/c1-14-11-16-5-3-4-6-18(16)25(14)19-13-21-17(12-22-19)20(27)24-9-7-23(8-10-24)15(2)26/h3-6,12-14H,7-11H2,1-2H3. The van der Waals surface area contributed by atoms with Gasteiger partial charge >= 0.3 is 0 Å². The van der Waals surface area contributed by atoms with Gasteiger partial charge in [-0.1, -0.05) is 18.2 Å². The lowest BCUT2D eigenvalue weighted by Gasteiger charge is -2.34. The molecule has 7 heteroatoms. The van der Waals surface area contributed by atoms with Crippen molar-refractivity contribution in [3.05, 3.63) is 47.9 Å². The number of anilines is 2. The van der Waals surface area contributed by atoms with Crippen molar-refractivity contribution in [2.45, 2.75) is 26.3 Å². The minimum absolute atomic E-state index is 0.0475. The summed E-state index contributed by atoms with van der Waals surface area (Å²) in [4.78, 5) is 38.7. The first-order chi connectivity index (χ1) is 13.0. The summed E-state index contributed by atoms with van der Waals surface area (Å²) in [6.45, 7) is 5.90. The number of hydrogen-bond acceptors (Lipinski definition) is 5. The van der Waals surface area contributed by atoms with Gasteiger partial charge in [0, 0.05) is 44.8 Å². The van der Waals surface area contributed by atoms with Crippen LogP contribution in [0.15, 0.2) is 36.7 Å². The minimum Gasteiger partial charge on any atom is -0.339 e. The highest BCUT2D eigenvalue weighted by molar-refractivity contribution is 5.92. The summed E-state index contributed by atoms with van der Waals surface area (Å²) in [6, 6.07) is 8.61. The third-order valence-electron chi connectivity index (χ3n) is 5.32. The zero-order valence-electron chi connectivity index (χ0n) is 15.6. The first kappa shape index (κ1) is 17.5. The quantitative estimate of drug-likeness (QED) is 0.813. The van der Waals surface area contributed by atoms with Gasteiger partial charge in [-0.25, -0.2) is 9.97 Å². The first-order valence-corrected chi connectivity index (χ1v) is 9.28. The normalized spacial score (nSPS) is 19.2. The highest BCUT2D eigenvalue weighted by Gasteiger charge is 2.29. The van der Waals surface area contributed by atoms with Crippen molar-refractivity contribution < 1.29 is 9.59 Å². The minimum atomic E-state index is -0.132. The van der Waals surface area contributed by atoms with Gasteiger partial charge in [0.2, 0.25) is 5.91 Å². The number of aromatic nitrogens is 2. The molecule has 1 aromatic heterocycles. The van der Waals surface area contributed by atoms with Crippen LogP contribution in [0.4, 0.5) is 11.5 Å². The molecule has 0 spiro atoms. The lowest BCUT2D eigenvalue weighted by atomic mass is 10.1. The van der Waals surface area contributed by atoms with E-state index in [4.69, 9.17) is 0 Å². The monoisotopic (exact) mass is 365 g/mol. The fraction of sp³-hybridized carbons (Fsp3) is 0.400. The third-order valence-corrected chi connectivity index (χ3v) is 5.32. The lowest BCUT2D eigenvalue weighted by molar-refractivity contribution is -0.130. The molecule has 2 aromatic rings. The second-order valence-corrected chi connectivity index (χ2v) is 7.11. The summed E-state index contributed by atoms with van der Waals surface area (Å²) in [5.41, 5.74) is 2.80. The van der Waals surface area contributed by atoms with Gasteiger partial charge < -0.3 is 14.7 Å². The van der Waals surface area contributed by atoms with Gasteiger partial charge in [-0.2, -0.15) is 0 Å². The van der Waals surface area contributed by atoms with Gasteiger partial charge in [0.25, 0.3) is 5.91 Å². The van der Waals surface area contributed by atoms with E-state index in [9.17, 15) is 9.59 Å². The molecular formula is C20H23N5O2. The molecule has 4 rings (SSSR count). The van der Waals surface area contributed by atoms with Gasteiger partial charge in [-0.05, 0) is 25.0 Å². The Balaban J connectivity index is 1.48. The topological polar surface area (TPSA) is 69.6 Å². The fourth-order valence-corrected chi connectivity index (χ4v) is 3.86. The molecule has 1 unspecified atom stereocenters. The fourth-order valence-electron chi connectivity index (χ4n) is 3.86. The number of rotatable bonds is 2. The van der Waals surface area contributed by atoms with E-state index in [2.05, 4.69) is 33.9 Å². The van der Waals surface area contributed by atoms with Crippen molar-refractivity contribution in [2.75, 3.05) is 31.1 Å². The van der Waals surface area contributed by atoms with Crippen LogP contribution in [0.2, 0.25) is 0 Å². The summed E-state index contributed by atoms with van der Waals surface area (Å²) in [5, 5.41) is 0. The molecule has 0 N–H and O–H groups in total. The summed E-state index contributed by atoms with van der Waals surface area (Å²) in [5.74, 6) is 0.670. The van der Waals surface area contributed by atoms with E-state index in [1.807, 2.05) is 12.1 Å². The Morgan fingerprint density at radius 3 is 2.37 bits per heavy atom. The number of piperazine rings is 1. The lowest BCUT2D eigenvalue weighted by Crippen LogP contribution is -2.50. The number of para-hydroxylation sites is 1. The van der Waals surface area contributed by atoms with Crippen LogP contribution < -0.4 is 4.90 Å². The smallest absolute Gasteiger partial charge is 0.274 e. The van der Waals surface area contributed by atoms with E-state index in [1.54, 1.807) is 29.1 Å². The SMILES string of the molecule is CC(=O)N1CCN(C(=O)c2cnc(N3c4ccccc4CC3C)cn2)CC1. The molecule has 0 radical (unpaired) electrons. The zero-order valence-corrected chi connectivity index (χ0v) is 15.6. The number of fused-ring (bicyclic) bond motifs is 1. The molecule has 1 fully saturated rings. The van der Waals surface area contributed by atoms with E-state index in [0.717, 1.165) is 17.9 Å². The van der Waals surface area contributed by atoms with Crippen LogP contribution in [0.25, 0.3) is 0 Å². The van der Waals surface area contributed by atoms with Crippen LogP contribution in [0.1, 0.15) is 29.9 Å². The van der Waals surface area contributed by atoms with Crippen LogP contribution in [0.5, 0.6) is 0 Å². The molecule has 2 aliphatic heterocycles. The van der Waals surface area contributed by atoms with Gasteiger partial charge in [-0.15, -0.1) is 0 Å². The third kappa shape index (κ3) is 3.25. The summed E-state index contributed by atoms with van der Waals surface area (Å²) >= 11 is 0. The molecule has 0 saturated carbocycles. The molecule has 27 heavy (non-hydrogen) atoms.